The fourth-order valence-corrected chi connectivity index (χ4v) is 1.60. The minimum atomic E-state index is -3.96. The third-order valence-electron chi connectivity index (χ3n) is 1.86. The lowest BCUT2D eigenvalue weighted by Gasteiger charge is -2.23. The molecule has 0 aliphatic carbocycles. The Kier molecular flexibility index (Phi) is 6.28. The van der Waals surface area contributed by atoms with Crippen molar-refractivity contribution in [3.05, 3.63) is 0 Å². The lowest BCUT2D eigenvalue weighted by Crippen LogP contribution is -2.41. The SMILES string of the molecule is CC(=O)SCCC(F)(F)C(F)C(F)C(C)F. The molecule has 0 N–H and O–H groups in total. The molecule has 3 unspecified atom stereocenters. The maximum absolute atomic E-state index is 13.0. The number of carbonyl (C=O) groups excluding carboxylic acids is 1. The van der Waals surface area contributed by atoms with Crippen LogP contribution in [-0.2, 0) is 4.79 Å². The van der Waals surface area contributed by atoms with Gasteiger partial charge >= 0.3 is 0 Å². The molecule has 1 nitrogen and oxygen atoms in total. The Balaban J connectivity index is 4.24. The van der Waals surface area contributed by atoms with Crippen LogP contribution in [0.2, 0.25) is 0 Å². The summed E-state index contributed by atoms with van der Waals surface area (Å²) < 4.78 is 63.8. The van der Waals surface area contributed by atoms with Crippen LogP contribution in [0.4, 0.5) is 22.0 Å². The summed E-state index contributed by atoms with van der Waals surface area (Å²) >= 11 is 0.594. The van der Waals surface area contributed by atoms with E-state index in [0.717, 1.165) is 0 Å². The molecule has 16 heavy (non-hydrogen) atoms. The number of hydrogen-bond acceptors (Lipinski definition) is 2. The molecule has 0 aliphatic heterocycles. The van der Waals surface area contributed by atoms with Crippen molar-refractivity contribution < 1.29 is 26.7 Å². The van der Waals surface area contributed by atoms with Gasteiger partial charge in [0.1, 0.15) is 6.17 Å². The number of hydrogen-bond donors (Lipinski definition) is 0. The van der Waals surface area contributed by atoms with Gasteiger partial charge in [0.15, 0.2) is 17.5 Å². The van der Waals surface area contributed by atoms with E-state index in [1.807, 2.05) is 0 Å². The number of thioether (sulfide) groups is 1. The Morgan fingerprint density at radius 3 is 2.19 bits per heavy atom. The van der Waals surface area contributed by atoms with E-state index in [0.29, 0.717) is 18.7 Å². The van der Waals surface area contributed by atoms with Crippen molar-refractivity contribution in [2.24, 2.45) is 0 Å². The zero-order valence-electron chi connectivity index (χ0n) is 8.85. The van der Waals surface area contributed by atoms with Crippen LogP contribution in [0.15, 0.2) is 0 Å². The molecule has 0 aromatic heterocycles. The Bertz CT molecular complexity index is 234. The molecule has 0 saturated carbocycles. The van der Waals surface area contributed by atoms with Crippen molar-refractivity contribution >= 4 is 16.9 Å². The van der Waals surface area contributed by atoms with Crippen molar-refractivity contribution in [1.82, 2.24) is 0 Å². The fourth-order valence-electron chi connectivity index (χ4n) is 0.934. The van der Waals surface area contributed by atoms with Gasteiger partial charge in [-0.15, -0.1) is 0 Å². The lowest BCUT2D eigenvalue weighted by atomic mass is 10.0. The summed E-state index contributed by atoms with van der Waals surface area (Å²) in [6.07, 6.45) is -9.32. The molecule has 96 valence electrons. The van der Waals surface area contributed by atoms with Crippen LogP contribution >= 0.6 is 11.8 Å². The summed E-state index contributed by atoms with van der Waals surface area (Å²) in [6, 6.07) is 0. The molecule has 0 rings (SSSR count). The van der Waals surface area contributed by atoms with E-state index >= 15 is 0 Å². The normalized spacial score (nSPS) is 17.9. The third-order valence-corrected chi connectivity index (χ3v) is 2.68. The van der Waals surface area contributed by atoms with E-state index in [1.54, 1.807) is 0 Å². The van der Waals surface area contributed by atoms with E-state index in [1.165, 1.54) is 6.92 Å². The molecule has 0 aromatic rings. The number of carbonyl (C=O) groups is 1. The summed E-state index contributed by atoms with van der Waals surface area (Å²) in [4.78, 5) is 10.4. The van der Waals surface area contributed by atoms with Gasteiger partial charge in [0.2, 0.25) is 0 Å². The van der Waals surface area contributed by atoms with E-state index < -0.39 is 30.9 Å². The first-order valence-corrected chi connectivity index (χ1v) is 5.60. The predicted octanol–water partition coefficient (Wildman–Crippen LogP) is 3.33. The first kappa shape index (κ1) is 15.7. The predicted molar refractivity (Wildman–Crippen MR) is 53.1 cm³/mol. The van der Waals surface area contributed by atoms with Crippen molar-refractivity contribution in [3.8, 4) is 0 Å². The van der Waals surface area contributed by atoms with Gasteiger partial charge < -0.3 is 0 Å². The number of alkyl halides is 5. The highest BCUT2D eigenvalue weighted by Gasteiger charge is 2.46. The van der Waals surface area contributed by atoms with Gasteiger partial charge in [-0.1, -0.05) is 11.8 Å². The van der Waals surface area contributed by atoms with Crippen LogP contribution in [0, 0.1) is 0 Å². The molecule has 3 atom stereocenters. The van der Waals surface area contributed by atoms with E-state index in [9.17, 15) is 26.7 Å². The smallest absolute Gasteiger partial charge is 0.282 e. The quantitative estimate of drug-likeness (QED) is 0.684. The first-order chi connectivity index (χ1) is 7.18. The average molecular weight is 264 g/mol. The van der Waals surface area contributed by atoms with Gasteiger partial charge in [-0.2, -0.15) is 0 Å². The Labute approximate surface area is 94.8 Å². The molecule has 0 radical (unpaired) electrons. The third kappa shape index (κ3) is 5.14. The molecule has 7 heteroatoms. The van der Waals surface area contributed by atoms with Gasteiger partial charge in [0.25, 0.3) is 5.92 Å². The number of halogens is 5. The molecule has 0 bridgehead atoms. The topological polar surface area (TPSA) is 17.1 Å². The Hall–Kier alpha value is -0.330. The summed E-state index contributed by atoms with van der Waals surface area (Å²) in [6.45, 7) is 1.86. The summed E-state index contributed by atoms with van der Waals surface area (Å²) in [5.74, 6) is -4.28. The van der Waals surface area contributed by atoms with Gasteiger partial charge in [-0.3, -0.25) is 4.79 Å². The van der Waals surface area contributed by atoms with Gasteiger partial charge in [-0.05, 0) is 6.92 Å². The molecule has 0 spiro atoms. The molecule has 0 aliphatic rings. The van der Waals surface area contributed by atoms with Crippen molar-refractivity contribution in [2.45, 2.75) is 44.7 Å². The van der Waals surface area contributed by atoms with Crippen molar-refractivity contribution in [3.63, 3.8) is 0 Å². The van der Waals surface area contributed by atoms with Crippen LogP contribution in [0.3, 0.4) is 0 Å². The zero-order valence-corrected chi connectivity index (χ0v) is 9.67. The van der Waals surface area contributed by atoms with E-state index in [-0.39, 0.29) is 10.9 Å². The molecule has 0 saturated heterocycles. The highest BCUT2D eigenvalue weighted by atomic mass is 32.2. The second kappa shape index (κ2) is 6.42. The summed E-state index contributed by atoms with van der Waals surface area (Å²) in [5, 5.41) is -0.387. The maximum atomic E-state index is 13.0. The fraction of sp³-hybridized carbons (Fsp3) is 0.889. The van der Waals surface area contributed by atoms with Gasteiger partial charge in [0, 0.05) is 19.1 Å². The monoisotopic (exact) mass is 264 g/mol. The average Bonchev–Trinajstić information content (AvgIpc) is 2.14. The molecule has 0 fully saturated rings. The standard InChI is InChI=1S/C9H13F5OS/c1-5(10)7(11)8(12)9(13,14)3-4-16-6(2)15/h5,7-8H,3-4H2,1-2H3. The number of rotatable bonds is 6. The van der Waals surface area contributed by atoms with E-state index in [2.05, 4.69) is 0 Å². The Morgan fingerprint density at radius 1 is 1.31 bits per heavy atom. The second-order valence-electron chi connectivity index (χ2n) is 3.37. The maximum Gasteiger partial charge on any atom is 0.282 e. The molecular weight excluding hydrogens is 251 g/mol. The Morgan fingerprint density at radius 2 is 1.81 bits per heavy atom. The molecule has 0 heterocycles. The summed E-state index contributed by atoms with van der Waals surface area (Å²) in [5.41, 5.74) is 0. The zero-order chi connectivity index (χ0) is 12.9. The second-order valence-corrected chi connectivity index (χ2v) is 4.65. The molecular formula is C9H13F5OS. The van der Waals surface area contributed by atoms with Crippen LogP contribution in [-0.4, -0.2) is 35.3 Å². The minimum absolute atomic E-state index is 0.323. The van der Waals surface area contributed by atoms with Crippen molar-refractivity contribution in [2.75, 3.05) is 5.75 Å². The van der Waals surface area contributed by atoms with Crippen LogP contribution in [0.25, 0.3) is 0 Å². The van der Waals surface area contributed by atoms with Crippen LogP contribution in [0.5, 0.6) is 0 Å². The summed E-state index contributed by atoms with van der Waals surface area (Å²) in [7, 11) is 0. The highest BCUT2D eigenvalue weighted by Crippen LogP contribution is 2.32. The minimum Gasteiger partial charge on any atom is -0.288 e. The molecule has 0 amide bonds. The molecule has 0 aromatic carbocycles. The van der Waals surface area contributed by atoms with E-state index in [4.69, 9.17) is 0 Å². The van der Waals surface area contributed by atoms with Gasteiger partial charge in [-0.25, -0.2) is 22.0 Å². The lowest BCUT2D eigenvalue weighted by molar-refractivity contribution is -0.111. The van der Waals surface area contributed by atoms with Crippen LogP contribution < -0.4 is 0 Å². The van der Waals surface area contributed by atoms with Crippen molar-refractivity contribution in [1.29, 1.82) is 0 Å². The largest absolute Gasteiger partial charge is 0.288 e. The first-order valence-electron chi connectivity index (χ1n) is 4.62. The highest BCUT2D eigenvalue weighted by molar-refractivity contribution is 8.13. The van der Waals surface area contributed by atoms with Gasteiger partial charge in [0.05, 0.1) is 0 Å². The van der Waals surface area contributed by atoms with Crippen LogP contribution in [0.1, 0.15) is 20.3 Å².